The number of aromatic carboxylic acids is 1. The first-order chi connectivity index (χ1) is 17.7. The number of amides is 3. The molecule has 3 aromatic carbocycles. The predicted molar refractivity (Wildman–Crippen MR) is 132 cm³/mol. The molecule has 0 spiro atoms. The number of nitrogens with one attached hydrogen (secondary N) is 2. The van der Waals surface area contributed by atoms with E-state index in [4.69, 9.17) is 0 Å². The highest BCUT2D eigenvalue weighted by atomic mass is 16.4. The molecule has 4 rings (SSSR count). The molecule has 0 aliphatic rings. The van der Waals surface area contributed by atoms with Crippen molar-refractivity contribution in [2.75, 3.05) is 10.6 Å². The van der Waals surface area contributed by atoms with Crippen LogP contribution in [0.4, 0.5) is 17.1 Å². The molecule has 0 saturated heterocycles. The molecule has 0 radical (unpaired) electrons. The van der Waals surface area contributed by atoms with Crippen LogP contribution < -0.4 is 15.7 Å². The molecule has 4 aromatic rings. The van der Waals surface area contributed by atoms with Gasteiger partial charge in [-0.15, -0.1) is 10.2 Å². The highest BCUT2D eigenvalue weighted by molar-refractivity contribution is 6.40. The van der Waals surface area contributed by atoms with Gasteiger partial charge in [0.1, 0.15) is 6.54 Å². The highest BCUT2D eigenvalue weighted by Gasteiger charge is 2.20. The highest BCUT2D eigenvalue weighted by Crippen LogP contribution is 2.38. The van der Waals surface area contributed by atoms with Crippen LogP contribution in [0.25, 0.3) is 10.9 Å². The maximum Gasteiger partial charge on any atom is 0.353 e. The maximum atomic E-state index is 12.6. The molecule has 0 atom stereocenters. The van der Waals surface area contributed by atoms with Gasteiger partial charge in [-0.3, -0.25) is 14.4 Å². The third-order valence-electron chi connectivity index (χ3n) is 5.33. The smallest absolute Gasteiger partial charge is 0.353 e. The van der Waals surface area contributed by atoms with Crippen molar-refractivity contribution in [3.05, 3.63) is 83.9 Å². The number of benzene rings is 3. The zero-order chi connectivity index (χ0) is 26.5. The Bertz CT molecular complexity index is 1560. The Morgan fingerprint density at radius 3 is 2.35 bits per heavy atom. The number of aromatic nitrogens is 1. The van der Waals surface area contributed by atoms with E-state index in [1.54, 1.807) is 36.4 Å². The predicted octanol–water partition coefficient (Wildman–Crippen LogP) is 2.91. The summed E-state index contributed by atoms with van der Waals surface area (Å²) < 4.78 is 1.32. The van der Waals surface area contributed by atoms with Gasteiger partial charge >= 0.3 is 11.8 Å². The number of para-hydroxylation sites is 1. The fourth-order valence-electron chi connectivity index (χ4n) is 3.61. The van der Waals surface area contributed by atoms with Gasteiger partial charge in [-0.1, -0.05) is 42.5 Å². The monoisotopic (exact) mass is 498 g/mol. The molecule has 3 N–H and O–H groups in total. The zero-order valence-corrected chi connectivity index (χ0v) is 19.5. The van der Waals surface area contributed by atoms with Crippen molar-refractivity contribution in [2.45, 2.75) is 13.5 Å². The Kier molecular flexibility index (Phi) is 7.05. The van der Waals surface area contributed by atoms with E-state index in [-0.39, 0.29) is 23.5 Å². The maximum absolute atomic E-state index is 12.6. The van der Waals surface area contributed by atoms with E-state index in [0.717, 1.165) is 5.56 Å². The molecule has 0 aliphatic heterocycles. The van der Waals surface area contributed by atoms with E-state index in [2.05, 4.69) is 20.9 Å². The van der Waals surface area contributed by atoms with Crippen molar-refractivity contribution in [1.29, 1.82) is 0 Å². The molecule has 0 aliphatic carbocycles. The molecule has 11 heteroatoms. The number of carbonyl (C=O) groups excluding carboxylic acids is 4. The fraction of sp³-hybridized carbons (Fsp3) is 0.0769. The van der Waals surface area contributed by atoms with Crippen molar-refractivity contribution in [3.8, 4) is 5.88 Å². The van der Waals surface area contributed by atoms with Crippen LogP contribution in [0, 0.1) is 6.92 Å². The Hall–Kier alpha value is -5.32. The van der Waals surface area contributed by atoms with Gasteiger partial charge in [0.05, 0.1) is 11.5 Å². The van der Waals surface area contributed by atoms with Crippen LogP contribution in [0.1, 0.15) is 15.9 Å². The number of fused-ring (bicyclic) bond motifs is 1. The Morgan fingerprint density at radius 1 is 0.919 bits per heavy atom. The first kappa shape index (κ1) is 24.8. The largest absolute Gasteiger partial charge is 0.545 e. The van der Waals surface area contributed by atoms with Crippen LogP contribution in [-0.4, -0.2) is 33.4 Å². The van der Waals surface area contributed by atoms with E-state index in [1.165, 1.54) is 28.8 Å². The molecule has 1 heterocycles. The summed E-state index contributed by atoms with van der Waals surface area (Å²) in [5, 5.41) is 34.3. The summed E-state index contributed by atoms with van der Waals surface area (Å²) in [6, 6.07) is 18.9. The lowest BCUT2D eigenvalue weighted by Crippen LogP contribution is -2.23. The number of anilines is 2. The Balaban J connectivity index is 1.52. The summed E-state index contributed by atoms with van der Waals surface area (Å²) in [5.74, 6) is -4.56. The van der Waals surface area contributed by atoms with Gasteiger partial charge in [0.2, 0.25) is 11.8 Å². The summed E-state index contributed by atoms with van der Waals surface area (Å²) >= 11 is 0. The van der Waals surface area contributed by atoms with Crippen LogP contribution >= 0.6 is 0 Å². The number of carboxylic acid groups (broad SMARTS) is 1. The quantitative estimate of drug-likeness (QED) is 0.273. The van der Waals surface area contributed by atoms with Crippen molar-refractivity contribution in [1.82, 2.24) is 4.57 Å². The van der Waals surface area contributed by atoms with Crippen molar-refractivity contribution < 1.29 is 29.4 Å². The summed E-state index contributed by atoms with van der Waals surface area (Å²) in [6.07, 6.45) is 0. The van der Waals surface area contributed by atoms with Crippen molar-refractivity contribution in [2.24, 2.45) is 10.2 Å². The summed E-state index contributed by atoms with van der Waals surface area (Å²) in [4.78, 5) is 47.9. The average molecular weight is 498 g/mol. The molecular formula is C26H20N5O6-. The summed E-state index contributed by atoms with van der Waals surface area (Å²) in [6.45, 7) is 1.65. The third-order valence-corrected chi connectivity index (χ3v) is 5.33. The number of hydrogen-bond donors (Lipinski definition) is 3. The van der Waals surface area contributed by atoms with Gasteiger partial charge in [-0.2, -0.15) is 0 Å². The SMILES string of the molecule is Cc1cccc(NC(=O)Cn2c(O)c(N=NC(=O)C(=O)Nc3ccc(C(=O)[O-])cc3)c3ccccc32)c1. The lowest BCUT2D eigenvalue weighted by atomic mass is 10.2. The number of carbonyl (C=O) groups is 4. The lowest BCUT2D eigenvalue weighted by molar-refractivity contribution is -0.255. The number of aryl methyl sites for hydroxylation is 1. The summed E-state index contributed by atoms with van der Waals surface area (Å²) in [5.41, 5.74) is 2.03. The second-order valence-electron chi connectivity index (χ2n) is 8.02. The molecular weight excluding hydrogens is 478 g/mol. The van der Waals surface area contributed by atoms with E-state index >= 15 is 0 Å². The average Bonchev–Trinajstić information content (AvgIpc) is 3.13. The molecule has 11 nitrogen and oxygen atoms in total. The molecule has 0 saturated carbocycles. The number of rotatable bonds is 6. The normalized spacial score (nSPS) is 10.9. The number of hydrogen-bond acceptors (Lipinski definition) is 7. The number of azo groups is 1. The minimum absolute atomic E-state index is 0.0848. The molecule has 186 valence electrons. The standard InChI is InChI=1S/C26H21N5O6/c1-15-5-4-6-18(13-15)27-21(32)14-31-20-8-3-2-7-19(20)22(25(31)35)29-30-24(34)23(33)28-17-11-9-16(10-12-17)26(36)37/h2-13,35H,14H2,1H3,(H,27,32)(H,28,33)(H,36,37)/p-1. The van der Waals surface area contributed by atoms with E-state index in [0.29, 0.717) is 16.6 Å². The molecule has 0 bridgehead atoms. The molecule has 1 aromatic heterocycles. The zero-order valence-electron chi connectivity index (χ0n) is 19.5. The van der Waals surface area contributed by atoms with Crippen LogP contribution in [0.2, 0.25) is 0 Å². The first-order valence-electron chi connectivity index (χ1n) is 11.0. The molecule has 37 heavy (non-hydrogen) atoms. The van der Waals surface area contributed by atoms with Crippen molar-refractivity contribution in [3.63, 3.8) is 0 Å². The lowest BCUT2D eigenvalue weighted by Gasteiger charge is -2.09. The minimum Gasteiger partial charge on any atom is -0.545 e. The van der Waals surface area contributed by atoms with Crippen LogP contribution in [-0.2, 0) is 20.9 Å². The van der Waals surface area contributed by atoms with Crippen LogP contribution in [0.3, 0.4) is 0 Å². The van der Waals surface area contributed by atoms with E-state index in [9.17, 15) is 29.4 Å². The minimum atomic E-state index is -1.38. The summed E-state index contributed by atoms with van der Waals surface area (Å²) in [7, 11) is 0. The van der Waals surface area contributed by atoms with Gasteiger partial charge in [-0.05, 0) is 48.4 Å². The van der Waals surface area contributed by atoms with E-state index in [1.807, 2.05) is 19.1 Å². The molecule has 0 fully saturated rings. The number of nitrogens with zero attached hydrogens (tertiary/aromatic N) is 3. The second kappa shape index (κ2) is 10.5. The van der Waals surface area contributed by atoms with Gasteiger partial charge in [0, 0.05) is 16.8 Å². The van der Waals surface area contributed by atoms with Gasteiger partial charge in [0.25, 0.3) is 0 Å². The Labute approximate surface area is 210 Å². The van der Waals surface area contributed by atoms with Crippen molar-refractivity contribution >= 4 is 51.7 Å². The first-order valence-corrected chi connectivity index (χ1v) is 11.0. The number of aromatic hydroxyl groups is 1. The van der Waals surface area contributed by atoms with Gasteiger partial charge in [0.15, 0.2) is 5.69 Å². The molecule has 3 amide bonds. The Morgan fingerprint density at radius 2 is 1.65 bits per heavy atom. The van der Waals surface area contributed by atoms with Crippen LogP contribution in [0.15, 0.2) is 83.0 Å². The van der Waals surface area contributed by atoms with Crippen LogP contribution in [0.5, 0.6) is 5.88 Å². The van der Waals surface area contributed by atoms with E-state index < -0.39 is 29.6 Å². The van der Waals surface area contributed by atoms with Gasteiger partial charge < -0.3 is 30.2 Å². The topological polar surface area (TPSA) is 165 Å². The second-order valence-corrected chi connectivity index (χ2v) is 8.02. The fourth-order valence-corrected chi connectivity index (χ4v) is 3.61. The third kappa shape index (κ3) is 5.68. The molecule has 0 unspecified atom stereocenters. The van der Waals surface area contributed by atoms with Gasteiger partial charge in [-0.25, -0.2) is 0 Å². The number of carboxylic acids is 1.